The fraction of sp³-hybridized carbons (Fsp3) is 0.750. The summed E-state index contributed by atoms with van der Waals surface area (Å²) in [6.07, 6.45) is 0.183. The summed E-state index contributed by atoms with van der Waals surface area (Å²) in [6, 6.07) is 0. The number of esters is 2. The highest BCUT2D eigenvalue weighted by molar-refractivity contribution is 6.15. The predicted molar refractivity (Wildman–Crippen MR) is 82.1 cm³/mol. The Morgan fingerprint density at radius 1 is 0.773 bits per heavy atom. The van der Waals surface area contributed by atoms with E-state index in [2.05, 4.69) is 0 Å². The highest BCUT2D eigenvalue weighted by Gasteiger charge is 2.31. The fourth-order valence-electron chi connectivity index (χ4n) is 1.68. The molecule has 6 heteroatoms. The molecule has 0 rings (SSSR count). The lowest BCUT2D eigenvalue weighted by Gasteiger charge is -2.24. The van der Waals surface area contributed by atoms with Crippen molar-refractivity contribution in [2.75, 3.05) is 13.2 Å². The molecule has 0 aromatic rings. The van der Waals surface area contributed by atoms with E-state index in [4.69, 9.17) is 19.7 Å². The largest absolute Gasteiger partial charge is 0.456 e. The van der Waals surface area contributed by atoms with E-state index in [1.807, 2.05) is 0 Å². The second-order valence-electron chi connectivity index (χ2n) is 6.93. The Morgan fingerprint density at radius 2 is 1.09 bits per heavy atom. The van der Waals surface area contributed by atoms with Crippen LogP contribution in [0, 0.1) is 0 Å². The Labute approximate surface area is 132 Å². The summed E-state index contributed by atoms with van der Waals surface area (Å²) < 4.78 is 10.5. The molecule has 0 radical (unpaired) electrons. The van der Waals surface area contributed by atoms with Crippen molar-refractivity contribution in [1.29, 1.82) is 0 Å². The molecule has 0 atom stereocenters. The number of aliphatic hydroxyl groups is 2. The first-order valence-corrected chi connectivity index (χ1v) is 7.31. The van der Waals surface area contributed by atoms with Crippen molar-refractivity contribution in [3.63, 3.8) is 0 Å². The van der Waals surface area contributed by atoms with Gasteiger partial charge in [0.15, 0.2) is 0 Å². The smallest absolute Gasteiger partial charge is 0.346 e. The maximum absolute atomic E-state index is 12.3. The van der Waals surface area contributed by atoms with Crippen LogP contribution in [0.1, 0.15) is 54.4 Å². The lowest BCUT2D eigenvalue weighted by molar-refractivity contribution is -0.158. The van der Waals surface area contributed by atoms with Crippen LogP contribution >= 0.6 is 0 Å². The van der Waals surface area contributed by atoms with Crippen molar-refractivity contribution in [2.45, 2.75) is 65.6 Å². The molecule has 0 aromatic carbocycles. The Morgan fingerprint density at radius 3 is 1.32 bits per heavy atom. The van der Waals surface area contributed by atoms with Crippen LogP contribution in [0.15, 0.2) is 11.1 Å². The first-order chi connectivity index (χ1) is 9.91. The van der Waals surface area contributed by atoms with E-state index in [9.17, 15) is 9.59 Å². The highest BCUT2D eigenvalue weighted by Crippen LogP contribution is 2.21. The number of carbonyl (C=O) groups is 2. The van der Waals surface area contributed by atoms with Crippen molar-refractivity contribution in [2.24, 2.45) is 0 Å². The van der Waals surface area contributed by atoms with E-state index in [1.165, 1.54) is 0 Å². The molecule has 0 fully saturated rings. The summed E-state index contributed by atoms with van der Waals surface area (Å²) in [4.78, 5) is 24.7. The number of hydrogen-bond donors (Lipinski definition) is 2. The number of hydrogen-bond acceptors (Lipinski definition) is 6. The van der Waals surface area contributed by atoms with Gasteiger partial charge in [0.05, 0.1) is 0 Å². The van der Waals surface area contributed by atoms with Gasteiger partial charge in [-0.2, -0.15) is 0 Å². The number of carbonyl (C=O) groups excluding carboxylic acids is 2. The Bertz CT molecular complexity index is 385. The van der Waals surface area contributed by atoms with Gasteiger partial charge in [-0.05, 0) is 60.0 Å². The van der Waals surface area contributed by atoms with E-state index in [0.717, 1.165) is 0 Å². The van der Waals surface area contributed by atoms with Crippen LogP contribution in [0.5, 0.6) is 0 Å². The van der Waals surface area contributed by atoms with Crippen LogP contribution in [0.4, 0.5) is 0 Å². The fourth-order valence-corrected chi connectivity index (χ4v) is 1.68. The average Bonchev–Trinajstić information content (AvgIpc) is 2.24. The number of ether oxygens (including phenoxy) is 2. The number of rotatable bonds is 6. The standard InChI is InChI=1S/C16H28O6/c1-15(2,3)21-13(19)12(11(7-9-17)8-10-18)14(20)22-16(4,5)6/h17-18H,7-10H2,1-6H3. The topological polar surface area (TPSA) is 93.1 Å². The Kier molecular flexibility index (Phi) is 7.76. The molecule has 0 spiro atoms. The second kappa shape index (κ2) is 8.29. The van der Waals surface area contributed by atoms with E-state index < -0.39 is 23.1 Å². The number of aliphatic hydroxyl groups excluding tert-OH is 2. The molecule has 0 heterocycles. The minimum absolute atomic E-state index is 0.0916. The van der Waals surface area contributed by atoms with Crippen LogP contribution in [-0.4, -0.2) is 46.6 Å². The van der Waals surface area contributed by atoms with Crippen LogP contribution in [0.25, 0.3) is 0 Å². The van der Waals surface area contributed by atoms with Crippen LogP contribution in [0.3, 0.4) is 0 Å². The Balaban J connectivity index is 5.69. The summed E-state index contributed by atoms with van der Waals surface area (Å²) in [5.41, 5.74) is -1.46. The maximum atomic E-state index is 12.3. The van der Waals surface area contributed by atoms with Gasteiger partial charge < -0.3 is 19.7 Å². The predicted octanol–water partition coefficient (Wildman–Crippen LogP) is 1.73. The quantitative estimate of drug-likeness (QED) is 0.335. The molecular formula is C16H28O6. The van der Waals surface area contributed by atoms with Gasteiger partial charge in [-0.3, -0.25) is 0 Å². The van der Waals surface area contributed by atoms with E-state index in [1.54, 1.807) is 41.5 Å². The van der Waals surface area contributed by atoms with Crippen molar-refractivity contribution in [3.05, 3.63) is 11.1 Å². The van der Waals surface area contributed by atoms with Crippen molar-refractivity contribution < 1.29 is 29.3 Å². The minimum atomic E-state index is -0.807. The van der Waals surface area contributed by atoms with Gasteiger partial charge in [0.1, 0.15) is 16.8 Å². The maximum Gasteiger partial charge on any atom is 0.346 e. The molecule has 128 valence electrons. The van der Waals surface area contributed by atoms with Crippen molar-refractivity contribution in [3.8, 4) is 0 Å². The molecule has 0 aliphatic heterocycles. The molecule has 0 saturated heterocycles. The van der Waals surface area contributed by atoms with Gasteiger partial charge in [0, 0.05) is 13.2 Å². The Hall–Kier alpha value is -1.40. The average molecular weight is 316 g/mol. The molecule has 22 heavy (non-hydrogen) atoms. The van der Waals surface area contributed by atoms with E-state index in [-0.39, 0.29) is 31.6 Å². The van der Waals surface area contributed by atoms with Gasteiger partial charge in [-0.15, -0.1) is 0 Å². The zero-order chi connectivity index (χ0) is 17.6. The molecule has 2 N–H and O–H groups in total. The van der Waals surface area contributed by atoms with E-state index in [0.29, 0.717) is 5.57 Å². The SMILES string of the molecule is CC(C)(C)OC(=O)C(C(=O)OC(C)(C)C)=C(CCO)CCO. The van der Waals surface area contributed by atoms with Gasteiger partial charge in [0.25, 0.3) is 0 Å². The minimum Gasteiger partial charge on any atom is -0.456 e. The third-order valence-electron chi connectivity index (χ3n) is 2.39. The van der Waals surface area contributed by atoms with E-state index >= 15 is 0 Å². The second-order valence-corrected chi connectivity index (χ2v) is 6.93. The van der Waals surface area contributed by atoms with Gasteiger partial charge >= 0.3 is 11.9 Å². The molecule has 6 nitrogen and oxygen atoms in total. The van der Waals surface area contributed by atoms with Gasteiger partial charge in [0.2, 0.25) is 0 Å². The third-order valence-corrected chi connectivity index (χ3v) is 2.39. The molecule has 0 saturated carbocycles. The van der Waals surface area contributed by atoms with Crippen LogP contribution < -0.4 is 0 Å². The lowest BCUT2D eigenvalue weighted by atomic mass is 10.0. The summed E-state index contributed by atoms with van der Waals surface area (Å²) in [7, 11) is 0. The molecule has 0 aromatic heterocycles. The summed E-state index contributed by atoms with van der Waals surface area (Å²) >= 11 is 0. The lowest BCUT2D eigenvalue weighted by Crippen LogP contribution is -2.32. The molecule has 0 bridgehead atoms. The summed E-state index contributed by atoms with van der Waals surface area (Å²) in [5.74, 6) is -1.61. The van der Waals surface area contributed by atoms with Crippen molar-refractivity contribution >= 4 is 11.9 Å². The third kappa shape index (κ3) is 8.14. The summed E-state index contributed by atoms with van der Waals surface area (Å²) in [5, 5.41) is 18.2. The molecule has 0 unspecified atom stereocenters. The normalized spacial score (nSPS) is 11.8. The molecule has 0 aliphatic carbocycles. The zero-order valence-electron chi connectivity index (χ0n) is 14.4. The highest BCUT2D eigenvalue weighted by atomic mass is 16.6. The monoisotopic (exact) mass is 316 g/mol. The summed E-state index contributed by atoms with van der Waals surface area (Å²) in [6.45, 7) is 9.65. The molecular weight excluding hydrogens is 288 g/mol. The zero-order valence-corrected chi connectivity index (χ0v) is 14.4. The molecule has 0 amide bonds. The van der Waals surface area contributed by atoms with Crippen LogP contribution in [-0.2, 0) is 19.1 Å². The van der Waals surface area contributed by atoms with Crippen molar-refractivity contribution in [1.82, 2.24) is 0 Å². The van der Waals surface area contributed by atoms with Gasteiger partial charge in [-0.25, -0.2) is 9.59 Å². The molecule has 0 aliphatic rings. The van der Waals surface area contributed by atoms with Crippen LogP contribution in [0.2, 0.25) is 0 Å². The first kappa shape index (κ1) is 20.6. The first-order valence-electron chi connectivity index (χ1n) is 7.31. The van der Waals surface area contributed by atoms with Gasteiger partial charge in [-0.1, -0.05) is 0 Å².